The Morgan fingerprint density at radius 2 is 1.64 bits per heavy atom. The first-order valence-electron chi connectivity index (χ1n) is 11.8. The number of carbonyl (C=O) groups is 2. The Balaban J connectivity index is 1.96. The lowest BCUT2D eigenvalue weighted by molar-refractivity contribution is -0.149. The number of aliphatic carboxylic acids is 1. The Morgan fingerprint density at radius 1 is 0.974 bits per heavy atom. The zero-order valence-electron chi connectivity index (χ0n) is 20.7. The third-order valence-corrected chi connectivity index (χ3v) is 6.35. The van der Waals surface area contributed by atoms with Gasteiger partial charge in [-0.1, -0.05) is 24.3 Å². The summed E-state index contributed by atoms with van der Waals surface area (Å²) >= 11 is 0. The predicted octanol–water partition coefficient (Wildman–Crippen LogP) is 6.21. The SMILES string of the molecule is CC(C)(O)C#Cc1cc([C@H]2CCCC(C(=O)Nc3ccc(C(F)(F)F)cc3F)C2C(=O)O)ccc1C(F)(F)F. The lowest BCUT2D eigenvalue weighted by Gasteiger charge is -2.35. The van der Waals surface area contributed by atoms with E-state index in [4.69, 9.17) is 0 Å². The highest BCUT2D eigenvalue weighted by molar-refractivity contribution is 5.95. The van der Waals surface area contributed by atoms with Crippen molar-refractivity contribution in [1.29, 1.82) is 0 Å². The van der Waals surface area contributed by atoms with Crippen LogP contribution in [-0.2, 0) is 21.9 Å². The van der Waals surface area contributed by atoms with Gasteiger partial charge in [-0.25, -0.2) is 4.39 Å². The van der Waals surface area contributed by atoms with Gasteiger partial charge in [0.05, 0.1) is 28.7 Å². The average molecular weight is 559 g/mol. The first kappa shape index (κ1) is 30.0. The molecule has 0 aliphatic heterocycles. The maximum atomic E-state index is 14.3. The molecule has 0 aromatic heterocycles. The number of carbonyl (C=O) groups excluding carboxylic acids is 1. The van der Waals surface area contributed by atoms with Gasteiger partial charge in [0.1, 0.15) is 11.4 Å². The van der Waals surface area contributed by atoms with Gasteiger partial charge in [-0.2, -0.15) is 26.3 Å². The van der Waals surface area contributed by atoms with Gasteiger partial charge < -0.3 is 15.5 Å². The Hall–Kier alpha value is -3.59. The molecule has 0 heterocycles. The zero-order valence-corrected chi connectivity index (χ0v) is 20.7. The van der Waals surface area contributed by atoms with Crippen LogP contribution < -0.4 is 5.32 Å². The number of alkyl halides is 6. The van der Waals surface area contributed by atoms with Crippen molar-refractivity contribution in [3.05, 3.63) is 64.5 Å². The summed E-state index contributed by atoms with van der Waals surface area (Å²) in [5.74, 6) is -2.72. The lowest BCUT2D eigenvalue weighted by atomic mass is 9.68. The molecule has 5 nitrogen and oxygen atoms in total. The number of halogens is 7. The summed E-state index contributed by atoms with van der Waals surface area (Å²) in [6.45, 7) is 2.56. The summed E-state index contributed by atoms with van der Waals surface area (Å²) in [5, 5.41) is 22.0. The quantitative estimate of drug-likeness (QED) is 0.307. The van der Waals surface area contributed by atoms with Gasteiger partial charge >= 0.3 is 18.3 Å². The van der Waals surface area contributed by atoms with Crippen LogP contribution in [0.4, 0.5) is 36.4 Å². The predicted molar refractivity (Wildman–Crippen MR) is 126 cm³/mol. The van der Waals surface area contributed by atoms with E-state index in [1.807, 2.05) is 0 Å². The van der Waals surface area contributed by atoms with Gasteiger partial charge in [0.25, 0.3) is 0 Å². The van der Waals surface area contributed by atoms with Crippen molar-refractivity contribution in [2.24, 2.45) is 11.8 Å². The molecule has 1 aliphatic rings. The van der Waals surface area contributed by atoms with Crippen LogP contribution in [0.25, 0.3) is 0 Å². The average Bonchev–Trinajstić information content (AvgIpc) is 2.81. The Labute approximate surface area is 219 Å². The van der Waals surface area contributed by atoms with E-state index in [-0.39, 0.29) is 24.5 Å². The monoisotopic (exact) mass is 559 g/mol. The van der Waals surface area contributed by atoms with Crippen molar-refractivity contribution in [2.45, 2.75) is 57.0 Å². The van der Waals surface area contributed by atoms with Crippen LogP contribution >= 0.6 is 0 Å². The fourth-order valence-electron chi connectivity index (χ4n) is 4.59. The second kappa shape index (κ2) is 10.9. The fourth-order valence-corrected chi connectivity index (χ4v) is 4.59. The molecule has 3 N–H and O–H groups in total. The highest BCUT2D eigenvalue weighted by atomic mass is 19.4. The second-order valence-electron chi connectivity index (χ2n) is 9.80. The molecule has 2 aromatic carbocycles. The highest BCUT2D eigenvalue weighted by Gasteiger charge is 2.44. The Morgan fingerprint density at radius 3 is 2.18 bits per heavy atom. The van der Waals surface area contributed by atoms with E-state index in [2.05, 4.69) is 17.2 Å². The largest absolute Gasteiger partial charge is 0.481 e. The topological polar surface area (TPSA) is 86.6 Å². The summed E-state index contributed by atoms with van der Waals surface area (Å²) in [6.07, 6.45) is -9.04. The lowest BCUT2D eigenvalue weighted by Crippen LogP contribution is -2.40. The molecule has 1 fully saturated rings. The van der Waals surface area contributed by atoms with Gasteiger partial charge in [0.15, 0.2) is 0 Å². The molecule has 12 heteroatoms. The smallest absolute Gasteiger partial charge is 0.417 e. The molecule has 0 bridgehead atoms. The molecular formula is C27H24F7NO4. The van der Waals surface area contributed by atoms with Crippen LogP contribution in [0.3, 0.4) is 0 Å². The molecule has 0 spiro atoms. The van der Waals surface area contributed by atoms with Crippen molar-refractivity contribution < 1.29 is 50.5 Å². The number of amides is 1. The van der Waals surface area contributed by atoms with E-state index in [1.165, 1.54) is 13.8 Å². The van der Waals surface area contributed by atoms with E-state index in [0.717, 1.165) is 24.3 Å². The van der Waals surface area contributed by atoms with Crippen molar-refractivity contribution in [3.63, 3.8) is 0 Å². The number of aliphatic hydroxyl groups is 1. The zero-order chi connectivity index (χ0) is 29.3. The number of anilines is 1. The van der Waals surface area contributed by atoms with E-state index < -0.39 is 75.8 Å². The number of benzene rings is 2. The molecule has 0 saturated heterocycles. The van der Waals surface area contributed by atoms with E-state index in [9.17, 15) is 50.5 Å². The summed E-state index contributed by atoms with van der Waals surface area (Å²) in [4.78, 5) is 25.3. The molecule has 1 amide bonds. The fraction of sp³-hybridized carbons (Fsp3) is 0.407. The minimum atomic E-state index is -4.81. The van der Waals surface area contributed by atoms with Crippen LogP contribution in [0.2, 0.25) is 0 Å². The number of nitrogens with one attached hydrogen (secondary N) is 1. The standard InChI is InChI=1S/C27H24F7NO4/c1-25(2,39)11-10-15-12-14(6-8-19(15)27(32,33)34)17-4-3-5-18(22(17)24(37)38)23(36)35-21-9-7-16(13-20(21)28)26(29,30)31/h6-9,12-13,17-18,22,39H,3-5H2,1-2H3,(H,35,36)(H,37,38)/t17-,18?,22?/m1/s1. The van der Waals surface area contributed by atoms with Crippen LogP contribution in [0.15, 0.2) is 36.4 Å². The Bertz CT molecular complexity index is 1320. The minimum Gasteiger partial charge on any atom is -0.481 e. The normalized spacial score (nSPS) is 20.1. The van der Waals surface area contributed by atoms with Crippen molar-refractivity contribution >= 4 is 17.6 Å². The molecule has 210 valence electrons. The summed E-state index contributed by atoms with van der Waals surface area (Å²) in [6, 6.07) is 4.42. The van der Waals surface area contributed by atoms with E-state index in [1.54, 1.807) is 0 Å². The molecule has 3 rings (SSSR count). The molecule has 1 saturated carbocycles. The molecule has 1 aliphatic carbocycles. The Kier molecular flexibility index (Phi) is 8.36. The third kappa shape index (κ3) is 7.29. The molecule has 0 radical (unpaired) electrons. The van der Waals surface area contributed by atoms with Crippen molar-refractivity contribution in [1.82, 2.24) is 0 Å². The summed E-state index contributed by atoms with van der Waals surface area (Å²) in [7, 11) is 0. The van der Waals surface area contributed by atoms with Crippen LogP contribution in [0, 0.1) is 29.5 Å². The number of hydrogen-bond acceptors (Lipinski definition) is 3. The number of carboxylic acids is 1. The first-order valence-corrected chi connectivity index (χ1v) is 11.8. The first-order chi connectivity index (χ1) is 17.9. The minimum absolute atomic E-state index is 0.0492. The highest BCUT2D eigenvalue weighted by Crippen LogP contribution is 2.44. The van der Waals surface area contributed by atoms with Gasteiger partial charge in [0, 0.05) is 5.56 Å². The summed E-state index contributed by atoms with van der Waals surface area (Å²) in [5.41, 5.74) is -4.84. The number of rotatable bonds is 4. The van der Waals surface area contributed by atoms with Gasteiger partial charge in [-0.15, -0.1) is 0 Å². The van der Waals surface area contributed by atoms with E-state index in [0.29, 0.717) is 12.5 Å². The number of carboxylic acid groups (broad SMARTS) is 1. The van der Waals surface area contributed by atoms with Gasteiger partial charge in [0.2, 0.25) is 5.91 Å². The van der Waals surface area contributed by atoms with Gasteiger partial charge in [-0.3, -0.25) is 9.59 Å². The molecule has 2 aromatic rings. The molecule has 2 unspecified atom stereocenters. The molecule has 3 atom stereocenters. The molecule has 39 heavy (non-hydrogen) atoms. The number of hydrogen-bond donors (Lipinski definition) is 3. The van der Waals surface area contributed by atoms with Crippen molar-refractivity contribution in [3.8, 4) is 11.8 Å². The van der Waals surface area contributed by atoms with Crippen molar-refractivity contribution in [2.75, 3.05) is 5.32 Å². The van der Waals surface area contributed by atoms with E-state index >= 15 is 0 Å². The maximum Gasteiger partial charge on any atom is 0.417 e. The van der Waals surface area contributed by atoms with Crippen LogP contribution in [0.5, 0.6) is 0 Å². The third-order valence-electron chi connectivity index (χ3n) is 6.35. The second-order valence-corrected chi connectivity index (χ2v) is 9.80. The molecular weight excluding hydrogens is 535 g/mol. The van der Waals surface area contributed by atoms with Gasteiger partial charge in [-0.05, 0) is 68.5 Å². The maximum absolute atomic E-state index is 14.3. The van der Waals surface area contributed by atoms with Crippen LogP contribution in [0.1, 0.15) is 61.3 Å². The van der Waals surface area contributed by atoms with Crippen LogP contribution in [-0.4, -0.2) is 27.7 Å². The summed E-state index contributed by atoms with van der Waals surface area (Å²) < 4.78 is 93.5.